The fourth-order valence-electron chi connectivity index (χ4n) is 1.99. The normalized spacial score (nSPS) is 11.6. The highest BCUT2D eigenvalue weighted by molar-refractivity contribution is 7.12. The topological polar surface area (TPSA) is 73.0 Å². The highest BCUT2D eigenvalue weighted by Crippen LogP contribution is 2.23. The minimum absolute atomic E-state index is 0.118. The fourth-order valence-corrected chi connectivity index (χ4v) is 2.78. The Bertz CT molecular complexity index is 796. The van der Waals surface area contributed by atoms with E-state index in [1.165, 1.54) is 11.3 Å². The van der Waals surface area contributed by atoms with Crippen LogP contribution in [0.15, 0.2) is 40.5 Å². The molecule has 0 aliphatic carbocycles. The van der Waals surface area contributed by atoms with Crippen LogP contribution in [0, 0.1) is 0 Å². The second-order valence-corrected chi connectivity index (χ2v) is 7.10. The minimum atomic E-state index is -0.175. The van der Waals surface area contributed by atoms with Crippen molar-refractivity contribution in [3.05, 3.63) is 47.4 Å². The maximum atomic E-state index is 12.1. The predicted molar refractivity (Wildman–Crippen MR) is 89.0 cm³/mol. The molecule has 0 bridgehead atoms. The molecule has 0 saturated carbocycles. The first-order valence-electron chi connectivity index (χ1n) is 7.26. The lowest BCUT2D eigenvalue weighted by molar-refractivity contribution is -0.115. The molecule has 1 amide bonds. The highest BCUT2D eigenvalue weighted by atomic mass is 32.1. The minimum Gasteiger partial charge on any atom is -0.338 e. The molecule has 0 atom stereocenters. The average molecular weight is 330 g/mol. The third-order valence-corrected chi connectivity index (χ3v) is 4.15. The molecule has 120 valence electrons. The van der Waals surface area contributed by atoms with Gasteiger partial charge in [-0.3, -0.25) is 10.1 Å². The Hall–Kier alpha value is -2.41. The van der Waals surface area contributed by atoms with Gasteiger partial charge in [-0.1, -0.05) is 25.9 Å². The van der Waals surface area contributed by atoms with Gasteiger partial charge in [0.05, 0.1) is 17.8 Å². The summed E-state index contributed by atoms with van der Waals surface area (Å²) in [7, 11) is 0. The van der Waals surface area contributed by atoms with Crippen LogP contribution in [0.3, 0.4) is 0 Å². The summed E-state index contributed by atoms with van der Waals surface area (Å²) in [4.78, 5) is 16.5. The number of aromatic nitrogens is 3. The van der Waals surface area contributed by atoms with E-state index in [1.54, 1.807) is 6.07 Å². The van der Waals surface area contributed by atoms with E-state index in [1.807, 2.05) is 55.2 Å². The molecule has 0 aliphatic rings. The molecule has 23 heavy (non-hydrogen) atoms. The van der Waals surface area contributed by atoms with Gasteiger partial charge in [0, 0.05) is 29.3 Å². The van der Waals surface area contributed by atoms with E-state index in [0.29, 0.717) is 5.88 Å². The SMILES string of the molecule is CC(C)(C)c1cc(NC(=O)Cc2csc(-n3cccc3)n2)on1. The van der Waals surface area contributed by atoms with Gasteiger partial charge < -0.3 is 9.09 Å². The van der Waals surface area contributed by atoms with E-state index in [9.17, 15) is 4.79 Å². The molecule has 0 spiro atoms. The Labute approximate surface area is 138 Å². The van der Waals surface area contributed by atoms with Crippen molar-refractivity contribution in [2.75, 3.05) is 5.32 Å². The predicted octanol–water partition coefficient (Wildman–Crippen LogP) is 3.40. The number of thiazole rings is 1. The lowest BCUT2D eigenvalue weighted by atomic mass is 9.92. The largest absolute Gasteiger partial charge is 0.338 e. The molecule has 3 rings (SSSR count). The molecule has 0 saturated heterocycles. The third-order valence-electron chi connectivity index (χ3n) is 3.25. The maximum Gasteiger partial charge on any atom is 0.232 e. The van der Waals surface area contributed by atoms with E-state index in [-0.39, 0.29) is 17.7 Å². The Morgan fingerprint density at radius 2 is 2.09 bits per heavy atom. The Morgan fingerprint density at radius 1 is 1.35 bits per heavy atom. The summed E-state index contributed by atoms with van der Waals surface area (Å²) in [5.41, 5.74) is 1.41. The number of carbonyl (C=O) groups is 1. The average Bonchev–Trinajstić information content (AvgIpc) is 3.17. The maximum absolute atomic E-state index is 12.1. The van der Waals surface area contributed by atoms with Crippen molar-refractivity contribution < 1.29 is 9.32 Å². The smallest absolute Gasteiger partial charge is 0.232 e. The van der Waals surface area contributed by atoms with Crippen LogP contribution in [-0.4, -0.2) is 20.6 Å². The van der Waals surface area contributed by atoms with Gasteiger partial charge in [0.25, 0.3) is 0 Å². The van der Waals surface area contributed by atoms with Gasteiger partial charge in [0.2, 0.25) is 11.8 Å². The molecule has 3 aromatic rings. The molecule has 0 unspecified atom stereocenters. The molecular weight excluding hydrogens is 312 g/mol. The molecule has 0 radical (unpaired) electrons. The second-order valence-electron chi connectivity index (χ2n) is 6.26. The van der Waals surface area contributed by atoms with Crippen LogP contribution in [0.2, 0.25) is 0 Å². The zero-order valence-corrected chi connectivity index (χ0v) is 14.1. The van der Waals surface area contributed by atoms with Crippen molar-refractivity contribution in [3.8, 4) is 5.13 Å². The van der Waals surface area contributed by atoms with Gasteiger partial charge in [-0.15, -0.1) is 11.3 Å². The number of hydrogen-bond donors (Lipinski definition) is 1. The third kappa shape index (κ3) is 3.68. The van der Waals surface area contributed by atoms with Gasteiger partial charge in [-0.25, -0.2) is 4.98 Å². The van der Waals surface area contributed by atoms with Crippen molar-refractivity contribution >= 4 is 23.1 Å². The zero-order chi connectivity index (χ0) is 16.4. The first-order chi connectivity index (χ1) is 10.9. The first kappa shape index (κ1) is 15.5. The molecular formula is C16H18N4O2S. The standard InChI is InChI=1S/C16H18N4O2S/c1-16(2,3)12-9-14(22-19-12)18-13(21)8-11-10-23-15(17-11)20-6-4-5-7-20/h4-7,9-10H,8H2,1-3H3,(H,18,21). The summed E-state index contributed by atoms with van der Waals surface area (Å²) in [6, 6.07) is 5.62. The van der Waals surface area contributed by atoms with E-state index in [4.69, 9.17) is 4.52 Å². The molecule has 6 nitrogen and oxygen atoms in total. The molecule has 0 aliphatic heterocycles. The lowest BCUT2D eigenvalue weighted by Crippen LogP contribution is -2.14. The van der Waals surface area contributed by atoms with E-state index in [0.717, 1.165) is 16.5 Å². The number of nitrogens with one attached hydrogen (secondary N) is 1. The molecule has 0 fully saturated rings. The van der Waals surface area contributed by atoms with Gasteiger partial charge in [0.1, 0.15) is 0 Å². The summed E-state index contributed by atoms with van der Waals surface area (Å²) >= 11 is 1.50. The van der Waals surface area contributed by atoms with Gasteiger partial charge in [0.15, 0.2) is 5.13 Å². The molecule has 0 aromatic carbocycles. The Balaban J connectivity index is 1.62. The van der Waals surface area contributed by atoms with Crippen molar-refractivity contribution in [1.82, 2.24) is 14.7 Å². The Morgan fingerprint density at radius 3 is 2.74 bits per heavy atom. The monoisotopic (exact) mass is 330 g/mol. The summed E-state index contributed by atoms with van der Waals surface area (Å²) in [6.45, 7) is 6.11. The van der Waals surface area contributed by atoms with Gasteiger partial charge >= 0.3 is 0 Å². The number of nitrogens with zero attached hydrogens (tertiary/aromatic N) is 3. The zero-order valence-electron chi connectivity index (χ0n) is 13.2. The summed E-state index contributed by atoms with van der Waals surface area (Å²) in [5, 5.41) is 9.42. The Kier molecular flexibility index (Phi) is 4.04. The first-order valence-corrected chi connectivity index (χ1v) is 8.14. The second kappa shape index (κ2) is 6.00. The summed E-state index contributed by atoms with van der Waals surface area (Å²) < 4.78 is 7.07. The summed E-state index contributed by atoms with van der Waals surface area (Å²) in [5.74, 6) is 0.187. The van der Waals surface area contributed by atoms with Crippen molar-refractivity contribution in [2.45, 2.75) is 32.6 Å². The van der Waals surface area contributed by atoms with Crippen LogP contribution in [0.4, 0.5) is 5.88 Å². The van der Waals surface area contributed by atoms with Crippen molar-refractivity contribution in [3.63, 3.8) is 0 Å². The van der Waals surface area contributed by atoms with Crippen LogP contribution in [-0.2, 0) is 16.6 Å². The van der Waals surface area contributed by atoms with Gasteiger partial charge in [-0.2, -0.15) is 0 Å². The van der Waals surface area contributed by atoms with E-state index >= 15 is 0 Å². The van der Waals surface area contributed by atoms with E-state index in [2.05, 4.69) is 15.5 Å². The van der Waals surface area contributed by atoms with Crippen LogP contribution >= 0.6 is 11.3 Å². The lowest BCUT2D eigenvalue weighted by Gasteiger charge is -2.12. The number of hydrogen-bond acceptors (Lipinski definition) is 5. The van der Waals surface area contributed by atoms with E-state index < -0.39 is 0 Å². The molecule has 3 aromatic heterocycles. The van der Waals surface area contributed by atoms with Crippen LogP contribution in [0.5, 0.6) is 0 Å². The van der Waals surface area contributed by atoms with Crippen LogP contribution in [0.1, 0.15) is 32.2 Å². The van der Waals surface area contributed by atoms with Crippen molar-refractivity contribution in [1.29, 1.82) is 0 Å². The van der Waals surface area contributed by atoms with Crippen LogP contribution < -0.4 is 5.32 Å². The number of rotatable bonds is 4. The van der Waals surface area contributed by atoms with Gasteiger partial charge in [-0.05, 0) is 12.1 Å². The molecule has 7 heteroatoms. The van der Waals surface area contributed by atoms with Crippen LogP contribution in [0.25, 0.3) is 5.13 Å². The summed E-state index contributed by atoms with van der Waals surface area (Å²) in [6.07, 6.45) is 4.04. The number of anilines is 1. The van der Waals surface area contributed by atoms with Crippen molar-refractivity contribution in [2.24, 2.45) is 0 Å². The fraction of sp³-hybridized carbons (Fsp3) is 0.312. The molecule has 1 N–H and O–H groups in total. The molecule has 3 heterocycles. The quantitative estimate of drug-likeness (QED) is 0.796. The number of carbonyl (C=O) groups excluding carboxylic acids is 1. The number of amides is 1. The highest BCUT2D eigenvalue weighted by Gasteiger charge is 2.20.